The lowest BCUT2D eigenvalue weighted by molar-refractivity contribution is 0.0187. The fourth-order valence-corrected chi connectivity index (χ4v) is 2.28. The Kier molecular flexibility index (Phi) is 5.08. The van der Waals surface area contributed by atoms with Gasteiger partial charge in [-0.25, -0.2) is 8.78 Å². The Morgan fingerprint density at radius 2 is 2.06 bits per heavy atom. The molecule has 0 fully saturated rings. The van der Waals surface area contributed by atoms with Gasteiger partial charge in [-0.05, 0) is 36.0 Å². The van der Waals surface area contributed by atoms with Crippen LogP contribution < -0.4 is 5.32 Å². The van der Waals surface area contributed by atoms with E-state index in [0.717, 1.165) is 6.54 Å². The third-order valence-electron chi connectivity index (χ3n) is 3.16. The summed E-state index contributed by atoms with van der Waals surface area (Å²) in [5.74, 6) is 0. The maximum Gasteiger partial charge on any atom is 0.261 e. The molecule has 0 aromatic heterocycles. The highest BCUT2D eigenvalue weighted by molar-refractivity contribution is 5.35. The molecule has 0 aliphatic heterocycles. The van der Waals surface area contributed by atoms with Crippen molar-refractivity contribution in [3.05, 3.63) is 34.9 Å². The number of benzene rings is 1. The molecule has 0 radical (unpaired) electrons. The topological polar surface area (TPSA) is 21.3 Å². The second-order valence-corrected chi connectivity index (χ2v) is 4.60. The maximum atomic E-state index is 11.8. The number of aryl methyl sites for hydroxylation is 2. The van der Waals surface area contributed by atoms with Gasteiger partial charge < -0.3 is 10.1 Å². The first-order chi connectivity index (χ1) is 8.75. The van der Waals surface area contributed by atoms with E-state index in [0.29, 0.717) is 13.2 Å². The summed E-state index contributed by atoms with van der Waals surface area (Å²) in [7, 11) is 0. The van der Waals surface area contributed by atoms with Crippen LogP contribution in [0.2, 0.25) is 0 Å². The Bertz CT molecular complexity index is 382. The van der Waals surface area contributed by atoms with Crippen LogP contribution in [-0.4, -0.2) is 26.2 Å². The zero-order valence-electron chi connectivity index (χ0n) is 10.4. The van der Waals surface area contributed by atoms with E-state index in [1.807, 2.05) is 0 Å². The molecule has 100 valence electrons. The van der Waals surface area contributed by atoms with Crippen molar-refractivity contribution in [2.24, 2.45) is 0 Å². The molecule has 4 heteroatoms. The Labute approximate surface area is 106 Å². The summed E-state index contributed by atoms with van der Waals surface area (Å²) in [4.78, 5) is 0. The van der Waals surface area contributed by atoms with Crippen molar-refractivity contribution < 1.29 is 13.5 Å². The molecule has 0 saturated heterocycles. The van der Waals surface area contributed by atoms with Crippen molar-refractivity contribution >= 4 is 0 Å². The number of alkyl halides is 2. The minimum atomic E-state index is -2.37. The van der Waals surface area contributed by atoms with Gasteiger partial charge in [0.25, 0.3) is 6.43 Å². The lowest BCUT2D eigenvalue weighted by atomic mass is 10.1. The summed E-state index contributed by atoms with van der Waals surface area (Å²) in [6.07, 6.45) is 1.26. The van der Waals surface area contributed by atoms with Gasteiger partial charge >= 0.3 is 0 Å². The van der Waals surface area contributed by atoms with Crippen molar-refractivity contribution in [1.29, 1.82) is 0 Å². The smallest absolute Gasteiger partial charge is 0.261 e. The summed E-state index contributed by atoms with van der Waals surface area (Å²) < 4.78 is 28.4. The third kappa shape index (κ3) is 4.03. The van der Waals surface area contributed by atoms with Crippen molar-refractivity contribution in [2.75, 3.05) is 19.8 Å². The van der Waals surface area contributed by atoms with E-state index in [1.54, 1.807) is 0 Å². The van der Waals surface area contributed by atoms with Crippen molar-refractivity contribution in [3.8, 4) is 0 Å². The van der Waals surface area contributed by atoms with Crippen molar-refractivity contribution in [1.82, 2.24) is 5.32 Å². The highest BCUT2D eigenvalue weighted by atomic mass is 19.3. The molecule has 2 rings (SSSR count). The molecule has 1 aromatic carbocycles. The van der Waals surface area contributed by atoms with Gasteiger partial charge in [0.05, 0.1) is 6.61 Å². The van der Waals surface area contributed by atoms with Gasteiger partial charge in [0.2, 0.25) is 0 Å². The van der Waals surface area contributed by atoms with Crippen molar-refractivity contribution in [2.45, 2.75) is 32.2 Å². The number of fused-ring (bicyclic) bond motifs is 1. The standard InChI is InChI=1S/C14H19F2NO/c15-14(16)10-18-7-6-17-9-11-4-5-12-2-1-3-13(12)8-11/h4-5,8,14,17H,1-3,6-7,9-10H2. The van der Waals surface area contributed by atoms with Gasteiger partial charge in [-0.1, -0.05) is 18.2 Å². The largest absolute Gasteiger partial charge is 0.374 e. The predicted molar refractivity (Wildman–Crippen MR) is 67.0 cm³/mol. The average Bonchev–Trinajstić information content (AvgIpc) is 2.80. The lowest BCUT2D eigenvalue weighted by Crippen LogP contribution is -2.20. The van der Waals surface area contributed by atoms with Crippen LogP contribution in [0.25, 0.3) is 0 Å². The Hall–Kier alpha value is -1.00. The highest BCUT2D eigenvalue weighted by Crippen LogP contribution is 2.22. The molecule has 0 amide bonds. The summed E-state index contributed by atoms with van der Waals surface area (Å²) in [6.45, 7) is 1.23. The van der Waals surface area contributed by atoms with Crippen LogP contribution in [0.4, 0.5) is 8.78 Å². The number of nitrogens with one attached hydrogen (secondary N) is 1. The first-order valence-electron chi connectivity index (χ1n) is 6.43. The van der Waals surface area contributed by atoms with Gasteiger partial charge in [0, 0.05) is 13.1 Å². The van der Waals surface area contributed by atoms with E-state index < -0.39 is 13.0 Å². The van der Waals surface area contributed by atoms with E-state index in [-0.39, 0.29) is 0 Å². The Morgan fingerprint density at radius 1 is 1.22 bits per heavy atom. The van der Waals surface area contributed by atoms with Crippen LogP contribution in [0, 0.1) is 0 Å². The molecule has 0 unspecified atom stereocenters. The van der Waals surface area contributed by atoms with Gasteiger partial charge in [0.15, 0.2) is 0 Å². The first kappa shape index (κ1) is 13.4. The van der Waals surface area contributed by atoms with E-state index in [2.05, 4.69) is 23.5 Å². The van der Waals surface area contributed by atoms with Crippen LogP contribution in [0.5, 0.6) is 0 Å². The maximum absolute atomic E-state index is 11.8. The fraction of sp³-hybridized carbons (Fsp3) is 0.571. The molecule has 1 N–H and O–H groups in total. The number of hydrogen-bond acceptors (Lipinski definition) is 2. The molecular weight excluding hydrogens is 236 g/mol. The zero-order valence-corrected chi connectivity index (χ0v) is 10.4. The van der Waals surface area contributed by atoms with Gasteiger partial charge in [-0.2, -0.15) is 0 Å². The summed E-state index contributed by atoms with van der Waals surface area (Å²) >= 11 is 0. The molecule has 1 aliphatic rings. The molecule has 18 heavy (non-hydrogen) atoms. The molecule has 1 aromatic rings. The minimum Gasteiger partial charge on any atom is -0.374 e. The van der Waals surface area contributed by atoms with E-state index in [9.17, 15) is 8.78 Å². The van der Waals surface area contributed by atoms with Crippen LogP contribution in [-0.2, 0) is 24.1 Å². The molecule has 1 aliphatic carbocycles. The predicted octanol–water partition coefficient (Wildman–Crippen LogP) is 2.55. The zero-order chi connectivity index (χ0) is 12.8. The number of rotatable bonds is 7. The molecule has 0 spiro atoms. The van der Waals surface area contributed by atoms with Crippen molar-refractivity contribution in [3.63, 3.8) is 0 Å². The molecule has 0 saturated carbocycles. The van der Waals surface area contributed by atoms with Gasteiger partial charge in [-0.3, -0.25) is 0 Å². The second kappa shape index (κ2) is 6.81. The molecule has 0 bridgehead atoms. The summed E-state index contributed by atoms with van der Waals surface area (Å²) in [5, 5.41) is 3.20. The number of halogens is 2. The molecule has 0 atom stereocenters. The van der Waals surface area contributed by atoms with E-state index >= 15 is 0 Å². The van der Waals surface area contributed by atoms with E-state index in [1.165, 1.54) is 36.0 Å². The third-order valence-corrected chi connectivity index (χ3v) is 3.16. The van der Waals surface area contributed by atoms with Crippen LogP contribution in [0.3, 0.4) is 0 Å². The monoisotopic (exact) mass is 255 g/mol. The second-order valence-electron chi connectivity index (χ2n) is 4.60. The summed E-state index contributed by atoms with van der Waals surface area (Å²) in [5.41, 5.74) is 4.19. The fourth-order valence-electron chi connectivity index (χ4n) is 2.28. The summed E-state index contributed by atoms with van der Waals surface area (Å²) in [6, 6.07) is 6.58. The number of hydrogen-bond donors (Lipinski definition) is 1. The van der Waals surface area contributed by atoms with Crippen LogP contribution in [0.1, 0.15) is 23.1 Å². The van der Waals surface area contributed by atoms with Crippen LogP contribution in [0.15, 0.2) is 18.2 Å². The van der Waals surface area contributed by atoms with Crippen LogP contribution >= 0.6 is 0 Å². The normalized spacial score (nSPS) is 14.2. The lowest BCUT2D eigenvalue weighted by Gasteiger charge is -2.07. The Balaban J connectivity index is 1.65. The van der Waals surface area contributed by atoms with Gasteiger partial charge in [-0.15, -0.1) is 0 Å². The Morgan fingerprint density at radius 3 is 2.89 bits per heavy atom. The molecule has 2 nitrogen and oxygen atoms in total. The minimum absolute atomic E-state index is 0.329. The first-order valence-corrected chi connectivity index (χ1v) is 6.43. The molecular formula is C14H19F2NO. The highest BCUT2D eigenvalue weighted by Gasteiger charge is 2.10. The quantitative estimate of drug-likeness (QED) is 0.756. The average molecular weight is 255 g/mol. The van der Waals surface area contributed by atoms with Gasteiger partial charge in [0.1, 0.15) is 6.61 Å². The van der Waals surface area contributed by atoms with E-state index in [4.69, 9.17) is 4.74 Å². The SMILES string of the molecule is FC(F)COCCNCc1ccc2c(c1)CCC2. The number of ether oxygens (including phenoxy) is 1. The molecule has 0 heterocycles.